The average molecular weight is 168 g/mol. The Balaban J connectivity index is 0.000000561. The Hall–Kier alpha value is -1.84. The summed E-state index contributed by atoms with van der Waals surface area (Å²) in [5.74, 6) is -0.0914. The monoisotopic (exact) mass is 168 g/mol. The second kappa shape index (κ2) is 5.91. The molecule has 0 unspecified atom stereocenters. The summed E-state index contributed by atoms with van der Waals surface area (Å²) in [5.41, 5.74) is 0. The minimum atomic E-state index is -0.485. The average Bonchev–Trinajstić information content (AvgIpc) is 2.60. The molecule has 0 bridgehead atoms. The maximum atomic E-state index is 10.5. The number of esters is 1. The topological polar surface area (TPSA) is 56.5 Å². The van der Waals surface area contributed by atoms with Gasteiger partial charge in [-0.1, -0.05) is 6.58 Å². The third-order valence-corrected chi connectivity index (χ3v) is 0.880. The van der Waals surface area contributed by atoms with Crippen LogP contribution in [0.15, 0.2) is 35.7 Å². The molecule has 0 spiro atoms. The van der Waals surface area contributed by atoms with Crippen LogP contribution >= 0.6 is 0 Å². The van der Waals surface area contributed by atoms with E-state index in [1.807, 2.05) is 6.79 Å². The first-order valence-electron chi connectivity index (χ1n) is 2.98. The second-order valence-electron chi connectivity index (χ2n) is 1.58. The third kappa shape index (κ3) is 3.36. The molecule has 1 aromatic rings. The predicted molar refractivity (Wildman–Crippen MR) is 41.7 cm³/mol. The predicted octanol–water partition coefficient (Wildman–Crippen LogP) is 1.19. The van der Waals surface area contributed by atoms with E-state index in [1.54, 1.807) is 6.07 Å². The minimum Gasteiger partial charge on any atom is -0.469 e. The van der Waals surface area contributed by atoms with Crippen molar-refractivity contribution < 1.29 is 18.7 Å². The minimum absolute atomic E-state index is 0.393. The molecule has 4 heteroatoms. The maximum Gasteiger partial charge on any atom is 0.335 e. The number of carbonyl (C=O) groups excluding carboxylic acids is 2. The number of hydrogen-bond donors (Lipinski definition) is 0. The lowest BCUT2D eigenvalue weighted by molar-refractivity contribution is -0.129. The molecule has 12 heavy (non-hydrogen) atoms. The lowest BCUT2D eigenvalue weighted by atomic mass is 10.6. The molecule has 0 fully saturated rings. The molecule has 0 aliphatic rings. The molecule has 0 atom stereocenters. The maximum absolute atomic E-state index is 10.5. The van der Waals surface area contributed by atoms with Crippen molar-refractivity contribution in [2.45, 2.75) is 0 Å². The first-order valence-corrected chi connectivity index (χ1v) is 2.98. The summed E-state index contributed by atoms with van der Waals surface area (Å²) in [4.78, 5) is 18.5. The van der Waals surface area contributed by atoms with Gasteiger partial charge in [-0.05, 0) is 0 Å². The highest BCUT2D eigenvalue weighted by Gasteiger charge is 1.98. The highest BCUT2D eigenvalue weighted by atomic mass is 16.5. The number of furan rings is 1. The van der Waals surface area contributed by atoms with Gasteiger partial charge in [0.2, 0.25) is 0 Å². The van der Waals surface area contributed by atoms with E-state index in [0.29, 0.717) is 5.75 Å². The summed E-state index contributed by atoms with van der Waals surface area (Å²) < 4.78 is 9.30. The number of ether oxygens (including phenoxy) is 1. The van der Waals surface area contributed by atoms with Gasteiger partial charge in [0.05, 0.1) is 6.26 Å². The summed E-state index contributed by atoms with van der Waals surface area (Å²) in [6.07, 6.45) is 3.85. The van der Waals surface area contributed by atoms with E-state index < -0.39 is 5.97 Å². The normalized spacial score (nSPS) is 7.67. The van der Waals surface area contributed by atoms with Crippen LogP contribution in [-0.2, 0) is 9.59 Å². The summed E-state index contributed by atoms with van der Waals surface area (Å²) in [6.45, 7) is 5.24. The molecule has 0 saturated heterocycles. The highest BCUT2D eigenvalue weighted by Crippen LogP contribution is 2.09. The standard InChI is InChI=1S/C7H6O3.CH2O/c1-2-7(8)10-6-3-4-9-5-6;1-2/h2-5H,1H2;1H2. The van der Waals surface area contributed by atoms with E-state index >= 15 is 0 Å². The SMILES string of the molecule is C=CC(=O)Oc1ccoc1.C=O. The second-order valence-corrected chi connectivity index (χ2v) is 1.58. The van der Waals surface area contributed by atoms with Crippen LogP contribution in [0.5, 0.6) is 5.75 Å². The molecule has 64 valence electrons. The summed E-state index contributed by atoms with van der Waals surface area (Å²) >= 11 is 0. The van der Waals surface area contributed by atoms with Gasteiger partial charge in [0, 0.05) is 12.1 Å². The molecule has 1 heterocycles. The Morgan fingerprint density at radius 2 is 2.25 bits per heavy atom. The molecular formula is C8H8O4. The van der Waals surface area contributed by atoms with Crippen LogP contribution in [0.4, 0.5) is 0 Å². The molecular weight excluding hydrogens is 160 g/mol. The summed E-state index contributed by atoms with van der Waals surface area (Å²) in [7, 11) is 0. The zero-order chi connectivity index (χ0) is 9.40. The molecule has 4 nitrogen and oxygen atoms in total. The van der Waals surface area contributed by atoms with Crippen LogP contribution in [-0.4, -0.2) is 12.8 Å². The quantitative estimate of drug-likeness (QED) is 0.491. The van der Waals surface area contributed by atoms with E-state index in [1.165, 1.54) is 12.5 Å². The Labute approximate surface area is 69.4 Å². The molecule has 0 aliphatic carbocycles. The fraction of sp³-hybridized carbons (Fsp3) is 0. The number of hydrogen-bond acceptors (Lipinski definition) is 4. The Kier molecular flexibility index (Phi) is 5.00. The first kappa shape index (κ1) is 10.2. The van der Waals surface area contributed by atoms with Crippen molar-refractivity contribution in [3.05, 3.63) is 31.2 Å². The van der Waals surface area contributed by atoms with E-state index in [9.17, 15) is 4.79 Å². The van der Waals surface area contributed by atoms with Crippen molar-refractivity contribution in [2.24, 2.45) is 0 Å². The molecule has 1 rings (SSSR count). The van der Waals surface area contributed by atoms with Gasteiger partial charge in [0.1, 0.15) is 13.1 Å². The van der Waals surface area contributed by atoms with E-state index in [-0.39, 0.29) is 0 Å². The van der Waals surface area contributed by atoms with E-state index in [2.05, 4.69) is 15.7 Å². The summed E-state index contributed by atoms with van der Waals surface area (Å²) in [6, 6.07) is 1.54. The van der Waals surface area contributed by atoms with Crippen LogP contribution in [0, 0.1) is 0 Å². The largest absolute Gasteiger partial charge is 0.469 e. The van der Waals surface area contributed by atoms with E-state index in [0.717, 1.165) is 6.08 Å². The van der Waals surface area contributed by atoms with E-state index in [4.69, 9.17) is 4.79 Å². The molecule has 0 N–H and O–H groups in total. The molecule has 1 aromatic heterocycles. The lowest BCUT2D eigenvalue weighted by Crippen LogP contribution is -2.01. The lowest BCUT2D eigenvalue weighted by Gasteiger charge is -1.92. The third-order valence-electron chi connectivity index (χ3n) is 0.880. The van der Waals surface area contributed by atoms with Gasteiger partial charge < -0.3 is 13.9 Å². The number of carbonyl (C=O) groups is 2. The van der Waals surface area contributed by atoms with Gasteiger partial charge in [-0.3, -0.25) is 0 Å². The molecule has 0 saturated carbocycles. The van der Waals surface area contributed by atoms with Crippen molar-refractivity contribution in [3.63, 3.8) is 0 Å². The fourth-order valence-electron chi connectivity index (χ4n) is 0.468. The Morgan fingerprint density at radius 1 is 1.58 bits per heavy atom. The smallest absolute Gasteiger partial charge is 0.335 e. The molecule has 0 amide bonds. The van der Waals surface area contributed by atoms with Gasteiger partial charge in [0.15, 0.2) is 5.75 Å². The molecule has 0 aliphatic heterocycles. The van der Waals surface area contributed by atoms with Gasteiger partial charge in [-0.15, -0.1) is 0 Å². The van der Waals surface area contributed by atoms with Crippen molar-refractivity contribution >= 4 is 12.8 Å². The first-order chi connectivity index (χ1) is 5.83. The molecule has 0 aromatic carbocycles. The Bertz CT molecular complexity index is 238. The van der Waals surface area contributed by atoms with Crippen molar-refractivity contribution in [1.82, 2.24) is 0 Å². The zero-order valence-corrected chi connectivity index (χ0v) is 6.36. The van der Waals surface area contributed by atoms with Crippen LogP contribution in [0.3, 0.4) is 0 Å². The van der Waals surface area contributed by atoms with Gasteiger partial charge >= 0.3 is 5.97 Å². The van der Waals surface area contributed by atoms with Crippen molar-refractivity contribution in [2.75, 3.05) is 0 Å². The van der Waals surface area contributed by atoms with Crippen LogP contribution in [0.25, 0.3) is 0 Å². The summed E-state index contributed by atoms with van der Waals surface area (Å²) in [5, 5.41) is 0. The van der Waals surface area contributed by atoms with Crippen LogP contribution in [0.1, 0.15) is 0 Å². The number of rotatable bonds is 2. The van der Waals surface area contributed by atoms with Crippen molar-refractivity contribution in [3.8, 4) is 5.75 Å². The Morgan fingerprint density at radius 3 is 2.67 bits per heavy atom. The van der Waals surface area contributed by atoms with Gasteiger partial charge in [-0.25, -0.2) is 4.79 Å². The van der Waals surface area contributed by atoms with Gasteiger partial charge in [0.25, 0.3) is 0 Å². The van der Waals surface area contributed by atoms with Crippen LogP contribution in [0.2, 0.25) is 0 Å². The molecule has 0 radical (unpaired) electrons. The van der Waals surface area contributed by atoms with Crippen molar-refractivity contribution in [1.29, 1.82) is 0 Å². The fourth-order valence-corrected chi connectivity index (χ4v) is 0.468. The highest BCUT2D eigenvalue weighted by molar-refractivity contribution is 5.83. The zero-order valence-electron chi connectivity index (χ0n) is 6.36. The van der Waals surface area contributed by atoms with Gasteiger partial charge in [-0.2, -0.15) is 0 Å². The van der Waals surface area contributed by atoms with Crippen LogP contribution < -0.4 is 4.74 Å².